The molecular formula is C15H18FN3O. The minimum absolute atomic E-state index is 0.225. The third kappa shape index (κ3) is 2.81. The number of hydrogen-bond acceptors (Lipinski definition) is 3. The van der Waals surface area contributed by atoms with Crippen LogP contribution in [0.4, 0.5) is 4.39 Å². The number of halogens is 1. The van der Waals surface area contributed by atoms with Crippen LogP contribution in [-0.4, -0.2) is 21.4 Å². The quantitative estimate of drug-likeness (QED) is 0.842. The fourth-order valence-electron chi connectivity index (χ4n) is 2.61. The number of alkyl halides is 1. The molecule has 1 heterocycles. The van der Waals surface area contributed by atoms with Gasteiger partial charge in [-0.1, -0.05) is 6.07 Å². The van der Waals surface area contributed by atoms with Gasteiger partial charge in [0.25, 0.3) is 0 Å². The number of nitrogens with zero attached hydrogens (tertiary/aromatic N) is 3. The molecule has 0 radical (unpaired) electrons. The van der Waals surface area contributed by atoms with Crippen molar-refractivity contribution in [3.8, 4) is 5.75 Å². The first-order valence-electron chi connectivity index (χ1n) is 7.04. The summed E-state index contributed by atoms with van der Waals surface area (Å²) in [5.41, 5.74) is 2.82. The van der Waals surface area contributed by atoms with E-state index in [-0.39, 0.29) is 6.54 Å². The van der Waals surface area contributed by atoms with Crippen LogP contribution in [0.1, 0.15) is 29.8 Å². The van der Waals surface area contributed by atoms with Gasteiger partial charge in [-0.05, 0) is 48.9 Å². The third-order valence-corrected chi connectivity index (χ3v) is 3.68. The molecule has 0 bridgehead atoms. The molecular weight excluding hydrogens is 257 g/mol. The standard InChI is InChI=1S/C15H18FN3O/c16-7-8-19-15(17-11-18-19)10-20-14-6-5-12-3-1-2-4-13(12)9-14/h5-6,9,11H,1-4,7-8,10H2. The highest BCUT2D eigenvalue weighted by Crippen LogP contribution is 2.25. The van der Waals surface area contributed by atoms with Crippen LogP contribution in [0, 0.1) is 0 Å². The van der Waals surface area contributed by atoms with E-state index in [1.165, 1.54) is 36.7 Å². The van der Waals surface area contributed by atoms with Gasteiger partial charge in [-0.2, -0.15) is 5.10 Å². The number of fused-ring (bicyclic) bond motifs is 1. The lowest BCUT2D eigenvalue weighted by molar-refractivity contribution is 0.282. The molecule has 0 amide bonds. The maximum atomic E-state index is 12.4. The molecule has 0 atom stereocenters. The number of ether oxygens (including phenoxy) is 1. The number of rotatable bonds is 5. The van der Waals surface area contributed by atoms with Crippen LogP contribution in [0.15, 0.2) is 24.5 Å². The highest BCUT2D eigenvalue weighted by atomic mass is 19.1. The molecule has 2 aromatic rings. The van der Waals surface area contributed by atoms with Crippen molar-refractivity contribution >= 4 is 0 Å². The Morgan fingerprint density at radius 3 is 2.90 bits per heavy atom. The molecule has 0 fully saturated rings. The van der Waals surface area contributed by atoms with E-state index in [0.29, 0.717) is 12.4 Å². The summed E-state index contributed by atoms with van der Waals surface area (Å²) < 4.78 is 19.7. The highest BCUT2D eigenvalue weighted by Gasteiger charge is 2.11. The van der Waals surface area contributed by atoms with E-state index in [1.807, 2.05) is 6.07 Å². The van der Waals surface area contributed by atoms with Gasteiger partial charge < -0.3 is 4.74 Å². The van der Waals surface area contributed by atoms with Crippen LogP contribution >= 0.6 is 0 Å². The van der Waals surface area contributed by atoms with Crippen molar-refractivity contribution in [2.45, 2.75) is 38.8 Å². The lowest BCUT2D eigenvalue weighted by Gasteiger charge is -2.16. The van der Waals surface area contributed by atoms with Gasteiger partial charge in [0.1, 0.15) is 25.4 Å². The Morgan fingerprint density at radius 2 is 2.05 bits per heavy atom. The van der Waals surface area contributed by atoms with Gasteiger partial charge in [-0.25, -0.2) is 14.1 Å². The predicted octanol–water partition coefficient (Wildman–Crippen LogP) is 2.71. The Balaban J connectivity index is 1.67. The molecule has 0 unspecified atom stereocenters. The Labute approximate surface area is 117 Å². The van der Waals surface area contributed by atoms with Gasteiger partial charge in [-0.15, -0.1) is 0 Å². The maximum Gasteiger partial charge on any atom is 0.164 e. The Morgan fingerprint density at radius 1 is 1.20 bits per heavy atom. The van der Waals surface area contributed by atoms with Crippen molar-refractivity contribution < 1.29 is 9.13 Å². The van der Waals surface area contributed by atoms with Crippen molar-refractivity contribution in [1.29, 1.82) is 0 Å². The summed E-state index contributed by atoms with van der Waals surface area (Å²) in [6, 6.07) is 6.26. The number of aromatic nitrogens is 3. The van der Waals surface area contributed by atoms with Crippen molar-refractivity contribution in [1.82, 2.24) is 14.8 Å². The second kappa shape index (κ2) is 6.03. The van der Waals surface area contributed by atoms with Crippen molar-refractivity contribution in [2.75, 3.05) is 6.67 Å². The van der Waals surface area contributed by atoms with Crippen LogP contribution < -0.4 is 4.74 Å². The summed E-state index contributed by atoms with van der Waals surface area (Å²) in [6.45, 7) is 0.0941. The third-order valence-electron chi connectivity index (χ3n) is 3.68. The fraction of sp³-hybridized carbons (Fsp3) is 0.467. The monoisotopic (exact) mass is 275 g/mol. The molecule has 3 rings (SSSR count). The minimum atomic E-state index is -0.449. The van der Waals surface area contributed by atoms with E-state index in [2.05, 4.69) is 22.2 Å². The van der Waals surface area contributed by atoms with Gasteiger partial charge >= 0.3 is 0 Å². The van der Waals surface area contributed by atoms with Crippen molar-refractivity contribution in [3.05, 3.63) is 41.5 Å². The molecule has 0 N–H and O–H groups in total. The first-order chi connectivity index (χ1) is 9.86. The van der Waals surface area contributed by atoms with E-state index in [4.69, 9.17) is 4.74 Å². The Hall–Kier alpha value is -1.91. The summed E-state index contributed by atoms with van der Waals surface area (Å²) in [6.07, 6.45) is 6.26. The molecule has 0 saturated heterocycles. The topological polar surface area (TPSA) is 39.9 Å². The molecule has 20 heavy (non-hydrogen) atoms. The maximum absolute atomic E-state index is 12.4. The predicted molar refractivity (Wildman–Crippen MR) is 73.4 cm³/mol. The summed E-state index contributed by atoms with van der Waals surface area (Å²) >= 11 is 0. The number of hydrogen-bond donors (Lipinski definition) is 0. The lowest BCUT2D eigenvalue weighted by Crippen LogP contribution is -2.10. The van der Waals surface area contributed by atoms with E-state index in [0.717, 1.165) is 12.2 Å². The SMILES string of the molecule is FCCn1ncnc1COc1ccc2c(c1)CCCC2. The molecule has 0 aliphatic heterocycles. The first kappa shape index (κ1) is 13.1. The van der Waals surface area contributed by atoms with Gasteiger partial charge in [0.2, 0.25) is 0 Å². The molecule has 1 aliphatic carbocycles. The zero-order chi connectivity index (χ0) is 13.8. The molecule has 1 aromatic heterocycles. The van der Waals surface area contributed by atoms with E-state index in [1.54, 1.807) is 4.68 Å². The van der Waals surface area contributed by atoms with E-state index < -0.39 is 6.67 Å². The van der Waals surface area contributed by atoms with Gasteiger partial charge in [0.15, 0.2) is 5.82 Å². The number of benzene rings is 1. The second-order valence-electron chi connectivity index (χ2n) is 5.01. The largest absolute Gasteiger partial charge is 0.486 e. The van der Waals surface area contributed by atoms with E-state index >= 15 is 0 Å². The minimum Gasteiger partial charge on any atom is -0.486 e. The molecule has 4 nitrogen and oxygen atoms in total. The zero-order valence-electron chi connectivity index (χ0n) is 11.4. The summed E-state index contributed by atoms with van der Waals surface area (Å²) in [5, 5.41) is 3.97. The van der Waals surface area contributed by atoms with E-state index in [9.17, 15) is 4.39 Å². The molecule has 1 aromatic carbocycles. The number of aryl methyl sites for hydroxylation is 3. The smallest absolute Gasteiger partial charge is 0.164 e. The molecule has 1 aliphatic rings. The first-order valence-corrected chi connectivity index (χ1v) is 7.04. The van der Waals surface area contributed by atoms with Crippen molar-refractivity contribution in [3.63, 3.8) is 0 Å². The molecule has 5 heteroatoms. The van der Waals surface area contributed by atoms with Gasteiger partial charge in [0.05, 0.1) is 6.54 Å². The van der Waals surface area contributed by atoms with Crippen LogP contribution in [0.2, 0.25) is 0 Å². The van der Waals surface area contributed by atoms with Gasteiger partial charge in [0, 0.05) is 0 Å². The van der Waals surface area contributed by atoms with Crippen molar-refractivity contribution in [2.24, 2.45) is 0 Å². The highest BCUT2D eigenvalue weighted by molar-refractivity contribution is 5.37. The molecule has 0 saturated carbocycles. The second-order valence-corrected chi connectivity index (χ2v) is 5.01. The Kier molecular flexibility index (Phi) is 3.95. The average molecular weight is 275 g/mol. The summed E-state index contributed by atoms with van der Waals surface area (Å²) in [7, 11) is 0. The average Bonchev–Trinajstić information content (AvgIpc) is 2.93. The molecule has 0 spiro atoms. The van der Waals surface area contributed by atoms with Crippen LogP contribution in [0.3, 0.4) is 0 Å². The normalized spacial score (nSPS) is 14.1. The van der Waals surface area contributed by atoms with Crippen LogP contribution in [-0.2, 0) is 26.0 Å². The lowest BCUT2D eigenvalue weighted by atomic mass is 9.92. The van der Waals surface area contributed by atoms with Crippen LogP contribution in [0.5, 0.6) is 5.75 Å². The molecule has 106 valence electrons. The fourth-order valence-corrected chi connectivity index (χ4v) is 2.61. The van der Waals surface area contributed by atoms with Gasteiger partial charge in [-0.3, -0.25) is 0 Å². The summed E-state index contributed by atoms with van der Waals surface area (Å²) in [5.74, 6) is 1.50. The zero-order valence-corrected chi connectivity index (χ0v) is 11.4. The summed E-state index contributed by atoms with van der Waals surface area (Å²) in [4.78, 5) is 4.10. The van der Waals surface area contributed by atoms with Crippen LogP contribution in [0.25, 0.3) is 0 Å². The Bertz CT molecular complexity index is 582.